The highest BCUT2D eigenvalue weighted by Crippen LogP contribution is 2.24. The van der Waals surface area contributed by atoms with Gasteiger partial charge in [-0.25, -0.2) is 5.01 Å². The number of carbonyl (C=O) groups excluding carboxylic acids is 1. The van der Waals surface area contributed by atoms with E-state index < -0.39 is 0 Å². The van der Waals surface area contributed by atoms with E-state index in [0.29, 0.717) is 37.6 Å². The number of carbonyl (C=O) groups is 1. The molecule has 1 aromatic carbocycles. The van der Waals surface area contributed by atoms with Crippen LogP contribution in [-0.4, -0.2) is 73.9 Å². The lowest BCUT2D eigenvalue weighted by Crippen LogP contribution is -2.40. The molecule has 0 unspecified atom stereocenters. The van der Waals surface area contributed by atoms with Gasteiger partial charge in [-0.2, -0.15) is 5.10 Å². The number of benzene rings is 1. The second-order valence-electron chi connectivity index (χ2n) is 6.00. The zero-order valence-corrected chi connectivity index (χ0v) is 14.1. The molecule has 0 aromatic heterocycles. The first-order valence-electron chi connectivity index (χ1n) is 8.40. The van der Waals surface area contributed by atoms with Crippen molar-refractivity contribution in [2.24, 2.45) is 10.1 Å². The quantitative estimate of drug-likeness (QED) is 0.828. The van der Waals surface area contributed by atoms with Crippen molar-refractivity contribution < 1.29 is 14.3 Å². The first kappa shape index (κ1) is 15.8. The van der Waals surface area contributed by atoms with E-state index in [1.807, 2.05) is 35.4 Å². The molecular formula is C18H20N4O3. The average Bonchev–Trinajstić information content (AvgIpc) is 3.15. The molecule has 0 N–H and O–H groups in total. The van der Waals surface area contributed by atoms with Gasteiger partial charge < -0.3 is 14.4 Å². The van der Waals surface area contributed by atoms with Crippen molar-refractivity contribution in [3.05, 3.63) is 41.5 Å². The molecule has 0 bridgehead atoms. The number of hydrogen-bond donors (Lipinski definition) is 0. The van der Waals surface area contributed by atoms with Crippen molar-refractivity contribution in [1.82, 2.24) is 9.91 Å². The lowest BCUT2D eigenvalue weighted by Gasteiger charge is -2.27. The maximum atomic E-state index is 12.7. The minimum atomic E-state index is -0.0261. The maximum Gasteiger partial charge on any atom is 0.257 e. The van der Waals surface area contributed by atoms with Crippen molar-refractivity contribution >= 4 is 17.5 Å². The summed E-state index contributed by atoms with van der Waals surface area (Å²) in [7, 11) is 1.58. The van der Waals surface area contributed by atoms with Crippen LogP contribution in [0.5, 0.6) is 5.75 Å². The van der Waals surface area contributed by atoms with Crippen LogP contribution in [0.1, 0.15) is 15.9 Å². The van der Waals surface area contributed by atoms with Gasteiger partial charge in [0.2, 0.25) is 0 Å². The van der Waals surface area contributed by atoms with E-state index in [0.717, 1.165) is 30.2 Å². The van der Waals surface area contributed by atoms with Crippen LogP contribution < -0.4 is 4.74 Å². The molecule has 7 heteroatoms. The number of aliphatic imine (C=N–C) groups is 1. The van der Waals surface area contributed by atoms with Gasteiger partial charge in [0, 0.05) is 18.7 Å². The maximum absolute atomic E-state index is 12.7. The number of methoxy groups -OCH3 is 1. The lowest BCUT2D eigenvalue weighted by atomic mass is 10.0. The molecule has 0 spiro atoms. The Hall–Kier alpha value is -2.67. The first-order chi connectivity index (χ1) is 12.3. The van der Waals surface area contributed by atoms with E-state index in [2.05, 4.69) is 10.1 Å². The number of nitrogens with zero attached hydrogens (tertiary/aromatic N) is 4. The third-order valence-electron chi connectivity index (χ3n) is 4.49. The number of ether oxygens (including phenoxy) is 2. The third kappa shape index (κ3) is 3.02. The number of fused-ring (bicyclic) bond motifs is 1. The third-order valence-corrected chi connectivity index (χ3v) is 4.49. The zero-order chi connectivity index (χ0) is 17.2. The monoisotopic (exact) mass is 340 g/mol. The second kappa shape index (κ2) is 6.68. The second-order valence-corrected chi connectivity index (χ2v) is 6.00. The Morgan fingerprint density at radius 3 is 2.84 bits per heavy atom. The van der Waals surface area contributed by atoms with Gasteiger partial charge in [0.1, 0.15) is 11.6 Å². The lowest BCUT2D eigenvalue weighted by molar-refractivity contribution is 0.0301. The van der Waals surface area contributed by atoms with Gasteiger partial charge in [-0.15, -0.1) is 0 Å². The molecule has 0 radical (unpaired) electrons. The van der Waals surface area contributed by atoms with Gasteiger partial charge in [0.05, 0.1) is 44.7 Å². The molecule has 0 atom stereocenters. The molecule has 25 heavy (non-hydrogen) atoms. The molecule has 3 aliphatic rings. The van der Waals surface area contributed by atoms with Gasteiger partial charge in [0.25, 0.3) is 5.91 Å². The van der Waals surface area contributed by atoms with E-state index in [1.165, 1.54) is 0 Å². The minimum Gasteiger partial charge on any atom is -0.496 e. The van der Waals surface area contributed by atoms with Crippen molar-refractivity contribution in [3.8, 4) is 5.75 Å². The van der Waals surface area contributed by atoms with E-state index in [9.17, 15) is 4.79 Å². The van der Waals surface area contributed by atoms with Crippen LogP contribution in [0.25, 0.3) is 0 Å². The summed E-state index contributed by atoms with van der Waals surface area (Å²) in [6.07, 6.45) is 3.91. The molecule has 0 saturated carbocycles. The van der Waals surface area contributed by atoms with Gasteiger partial charge >= 0.3 is 0 Å². The van der Waals surface area contributed by atoms with Crippen LogP contribution in [-0.2, 0) is 4.74 Å². The molecular weight excluding hydrogens is 320 g/mol. The molecule has 1 aromatic rings. The largest absolute Gasteiger partial charge is 0.496 e. The van der Waals surface area contributed by atoms with E-state index >= 15 is 0 Å². The summed E-state index contributed by atoms with van der Waals surface area (Å²) < 4.78 is 10.8. The minimum absolute atomic E-state index is 0.0261. The molecule has 3 heterocycles. The SMILES string of the molecule is COc1cc(C2=NN3CCN=C3C=C2)ccc1C(=O)N1CCOCC1. The van der Waals surface area contributed by atoms with Crippen LogP contribution >= 0.6 is 0 Å². The Morgan fingerprint density at radius 2 is 2.04 bits per heavy atom. The number of amides is 1. The van der Waals surface area contributed by atoms with Crippen molar-refractivity contribution in [2.75, 3.05) is 46.5 Å². The summed E-state index contributed by atoms with van der Waals surface area (Å²) >= 11 is 0. The fourth-order valence-electron chi connectivity index (χ4n) is 3.13. The number of amidine groups is 1. The number of morpholine rings is 1. The fraction of sp³-hybridized carbons (Fsp3) is 0.389. The Morgan fingerprint density at radius 1 is 1.20 bits per heavy atom. The fourth-order valence-corrected chi connectivity index (χ4v) is 3.13. The summed E-state index contributed by atoms with van der Waals surface area (Å²) in [5, 5.41) is 6.52. The molecule has 7 nitrogen and oxygen atoms in total. The zero-order valence-electron chi connectivity index (χ0n) is 14.1. The molecule has 130 valence electrons. The van der Waals surface area contributed by atoms with Crippen molar-refractivity contribution in [3.63, 3.8) is 0 Å². The molecule has 1 amide bonds. The summed E-state index contributed by atoms with van der Waals surface area (Å²) in [4.78, 5) is 18.9. The number of hydrazone groups is 1. The summed E-state index contributed by atoms with van der Waals surface area (Å²) in [5.74, 6) is 1.43. The van der Waals surface area contributed by atoms with Crippen LogP contribution in [0.3, 0.4) is 0 Å². The van der Waals surface area contributed by atoms with Crippen molar-refractivity contribution in [2.45, 2.75) is 0 Å². The Kier molecular flexibility index (Phi) is 4.23. The van der Waals surface area contributed by atoms with Gasteiger partial charge in [-0.1, -0.05) is 6.07 Å². The topological polar surface area (TPSA) is 66.7 Å². The first-order valence-corrected chi connectivity index (χ1v) is 8.40. The normalized spacial score (nSPS) is 19.4. The van der Waals surface area contributed by atoms with Crippen LogP contribution in [0.2, 0.25) is 0 Å². The van der Waals surface area contributed by atoms with Gasteiger partial charge in [-0.3, -0.25) is 9.79 Å². The Balaban J connectivity index is 1.61. The van der Waals surface area contributed by atoms with E-state index in [4.69, 9.17) is 9.47 Å². The van der Waals surface area contributed by atoms with E-state index in [-0.39, 0.29) is 5.91 Å². The molecule has 0 aliphatic carbocycles. The van der Waals surface area contributed by atoms with Crippen LogP contribution in [0, 0.1) is 0 Å². The molecule has 1 fully saturated rings. The van der Waals surface area contributed by atoms with E-state index in [1.54, 1.807) is 12.0 Å². The smallest absolute Gasteiger partial charge is 0.257 e. The van der Waals surface area contributed by atoms with Crippen LogP contribution in [0.4, 0.5) is 0 Å². The van der Waals surface area contributed by atoms with Crippen LogP contribution in [0.15, 0.2) is 40.4 Å². The number of rotatable bonds is 3. The highest BCUT2D eigenvalue weighted by Gasteiger charge is 2.23. The predicted molar refractivity (Wildman–Crippen MR) is 94.4 cm³/mol. The van der Waals surface area contributed by atoms with Crippen molar-refractivity contribution in [1.29, 1.82) is 0 Å². The summed E-state index contributed by atoms with van der Waals surface area (Å²) in [5.41, 5.74) is 2.32. The number of allylic oxidation sites excluding steroid dienone is 1. The highest BCUT2D eigenvalue weighted by atomic mass is 16.5. The highest BCUT2D eigenvalue weighted by molar-refractivity contribution is 6.15. The molecule has 4 rings (SSSR count). The Bertz CT molecular complexity index is 779. The number of hydrogen-bond acceptors (Lipinski definition) is 6. The molecule has 3 aliphatic heterocycles. The predicted octanol–water partition coefficient (Wildman–Crippen LogP) is 1.16. The standard InChI is InChI=1S/C18H20N4O3/c1-24-16-12-13(15-4-5-17-19-6-7-22(17)20-15)2-3-14(16)18(23)21-8-10-25-11-9-21/h2-5,12H,6-11H2,1H3. The average molecular weight is 340 g/mol. The summed E-state index contributed by atoms with van der Waals surface area (Å²) in [6.45, 7) is 3.94. The molecule has 1 saturated heterocycles. The van der Waals surface area contributed by atoms with Gasteiger partial charge in [-0.05, 0) is 24.3 Å². The van der Waals surface area contributed by atoms with Gasteiger partial charge in [0.15, 0.2) is 0 Å². The summed E-state index contributed by atoms with van der Waals surface area (Å²) in [6, 6.07) is 5.60. The Labute approximate surface area is 146 Å².